The lowest BCUT2D eigenvalue weighted by atomic mass is 10.1. The molecule has 1 N–H and O–H groups in total. The van der Waals surface area contributed by atoms with Gasteiger partial charge in [0.1, 0.15) is 5.82 Å². The van der Waals surface area contributed by atoms with Gasteiger partial charge in [-0.05, 0) is 30.0 Å². The highest BCUT2D eigenvalue weighted by Crippen LogP contribution is 2.39. The number of non-ortho nitro benzene ring substituents is 1. The molecule has 1 heterocycles. The number of thioether (sulfide) groups is 1. The fourth-order valence-electron chi connectivity index (χ4n) is 2.60. The quantitative estimate of drug-likeness (QED) is 0.420. The van der Waals surface area contributed by atoms with Crippen molar-refractivity contribution in [1.82, 2.24) is 4.90 Å². The minimum atomic E-state index is -0.746. The number of rotatable bonds is 5. The van der Waals surface area contributed by atoms with E-state index in [1.54, 1.807) is 0 Å². The van der Waals surface area contributed by atoms with Gasteiger partial charge in [0, 0.05) is 22.2 Å². The monoisotopic (exact) mass is 438 g/mol. The third-order valence-corrected chi connectivity index (χ3v) is 5.32. The lowest BCUT2D eigenvalue weighted by molar-refractivity contribution is -0.385. The zero-order valence-corrected chi connectivity index (χ0v) is 16.3. The van der Waals surface area contributed by atoms with E-state index in [4.69, 9.17) is 16.3 Å². The first-order valence-corrected chi connectivity index (χ1v) is 9.16. The Hall–Kier alpha value is -3.11. The number of hydrogen-bond acceptors (Lipinski definition) is 7. The van der Waals surface area contributed by atoms with Gasteiger partial charge in [-0.2, -0.15) is 0 Å². The summed E-state index contributed by atoms with van der Waals surface area (Å²) in [5.41, 5.74) is -0.466. The van der Waals surface area contributed by atoms with E-state index in [0.717, 1.165) is 29.2 Å². The standard InChI is InChI=1S/C18H12ClFN2O6S/c1-28-14-7-10(22(26)27)5-9(16(14)23)6-15-17(24)21(18(25)29-15)8-11-12(19)3-2-4-13(11)20/h2-7,23H,8H2,1H3/b15-6-. The molecule has 0 saturated carbocycles. The summed E-state index contributed by atoms with van der Waals surface area (Å²) in [7, 11) is 1.22. The first-order chi connectivity index (χ1) is 13.7. The van der Waals surface area contributed by atoms with E-state index in [9.17, 15) is 29.2 Å². The van der Waals surface area contributed by atoms with Crippen LogP contribution in [0.25, 0.3) is 6.08 Å². The first kappa shape index (κ1) is 20.6. The molecule has 2 amide bonds. The van der Waals surface area contributed by atoms with Crippen LogP contribution >= 0.6 is 23.4 Å². The summed E-state index contributed by atoms with van der Waals surface area (Å²) in [5, 5.41) is 20.7. The lowest BCUT2D eigenvalue weighted by Gasteiger charge is -2.14. The van der Waals surface area contributed by atoms with Gasteiger partial charge in [-0.1, -0.05) is 17.7 Å². The predicted octanol–water partition coefficient (Wildman–Crippen LogP) is 4.34. The van der Waals surface area contributed by atoms with Crippen molar-refractivity contribution in [3.8, 4) is 11.5 Å². The Morgan fingerprint density at radius 1 is 1.38 bits per heavy atom. The van der Waals surface area contributed by atoms with Crippen LogP contribution in [0.3, 0.4) is 0 Å². The van der Waals surface area contributed by atoms with Gasteiger partial charge in [0.2, 0.25) is 0 Å². The summed E-state index contributed by atoms with van der Waals surface area (Å²) in [6.07, 6.45) is 1.14. The number of methoxy groups -OCH3 is 1. The van der Waals surface area contributed by atoms with Crippen LogP contribution in [0.5, 0.6) is 11.5 Å². The van der Waals surface area contributed by atoms with Crippen LogP contribution in [-0.2, 0) is 11.3 Å². The van der Waals surface area contributed by atoms with E-state index in [1.165, 1.54) is 19.2 Å². The van der Waals surface area contributed by atoms with Crippen LogP contribution in [0.1, 0.15) is 11.1 Å². The van der Waals surface area contributed by atoms with Crippen LogP contribution in [0.4, 0.5) is 14.9 Å². The number of carbonyl (C=O) groups excluding carboxylic acids is 2. The molecule has 0 radical (unpaired) electrons. The number of nitro groups is 1. The fraction of sp³-hybridized carbons (Fsp3) is 0.111. The maximum Gasteiger partial charge on any atom is 0.293 e. The SMILES string of the molecule is COc1cc([N+](=O)[O-])cc(/C=C2\SC(=O)N(Cc3c(F)cccc3Cl)C2=O)c1O. The zero-order valence-electron chi connectivity index (χ0n) is 14.7. The Morgan fingerprint density at radius 3 is 2.72 bits per heavy atom. The Balaban J connectivity index is 1.97. The van der Waals surface area contributed by atoms with E-state index in [1.807, 2.05) is 0 Å². The molecule has 3 rings (SSSR count). The molecule has 0 unspecified atom stereocenters. The summed E-state index contributed by atoms with van der Waals surface area (Å²) in [4.78, 5) is 36.0. The summed E-state index contributed by atoms with van der Waals surface area (Å²) < 4.78 is 18.9. The Labute approximate surface area is 172 Å². The highest BCUT2D eigenvalue weighted by molar-refractivity contribution is 8.18. The molecule has 8 nitrogen and oxygen atoms in total. The molecule has 1 aliphatic heterocycles. The van der Waals surface area contributed by atoms with Gasteiger partial charge < -0.3 is 9.84 Å². The maximum absolute atomic E-state index is 14.0. The van der Waals surface area contributed by atoms with Crippen LogP contribution in [0.15, 0.2) is 35.2 Å². The number of hydrogen-bond donors (Lipinski definition) is 1. The van der Waals surface area contributed by atoms with E-state index in [-0.39, 0.29) is 39.0 Å². The second-order valence-corrected chi connectivity index (χ2v) is 7.21. The third-order valence-electron chi connectivity index (χ3n) is 4.06. The normalized spacial score (nSPS) is 15.3. The average molecular weight is 439 g/mol. The fourth-order valence-corrected chi connectivity index (χ4v) is 3.66. The molecule has 150 valence electrons. The highest BCUT2D eigenvalue weighted by atomic mass is 35.5. The summed E-state index contributed by atoms with van der Waals surface area (Å²) in [5.74, 6) is -2.00. The number of phenols is 1. The van der Waals surface area contributed by atoms with Crippen LogP contribution in [0, 0.1) is 15.9 Å². The predicted molar refractivity (Wildman–Crippen MR) is 104 cm³/mol. The van der Waals surface area contributed by atoms with Crippen molar-refractivity contribution in [1.29, 1.82) is 0 Å². The van der Waals surface area contributed by atoms with Gasteiger partial charge in [-0.15, -0.1) is 0 Å². The number of nitro benzene ring substituents is 1. The summed E-state index contributed by atoms with van der Waals surface area (Å²) in [6.45, 7) is -0.377. The van der Waals surface area contributed by atoms with E-state index >= 15 is 0 Å². The molecule has 2 aromatic rings. The van der Waals surface area contributed by atoms with Gasteiger partial charge in [0.05, 0.1) is 29.5 Å². The number of ether oxygens (including phenoxy) is 1. The minimum Gasteiger partial charge on any atom is -0.504 e. The Morgan fingerprint density at radius 2 is 2.10 bits per heavy atom. The summed E-state index contributed by atoms with van der Waals surface area (Å²) >= 11 is 6.50. The first-order valence-electron chi connectivity index (χ1n) is 7.96. The Kier molecular flexibility index (Phi) is 5.76. The smallest absolute Gasteiger partial charge is 0.293 e. The van der Waals surface area contributed by atoms with Gasteiger partial charge in [0.15, 0.2) is 11.5 Å². The molecular formula is C18H12ClFN2O6S. The second kappa shape index (κ2) is 8.10. The molecule has 0 bridgehead atoms. The number of halogens is 2. The molecule has 0 aromatic heterocycles. The average Bonchev–Trinajstić information content (AvgIpc) is 2.93. The molecule has 2 aromatic carbocycles. The van der Waals surface area contributed by atoms with Crippen molar-refractivity contribution >= 4 is 46.3 Å². The van der Waals surface area contributed by atoms with Gasteiger partial charge >= 0.3 is 0 Å². The lowest BCUT2D eigenvalue weighted by Crippen LogP contribution is -2.28. The molecule has 1 fully saturated rings. The molecule has 0 spiro atoms. The van der Waals surface area contributed by atoms with Gasteiger partial charge in [0.25, 0.3) is 16.8 Å². The maximum atomic E-state index is 14.0. The number of nitrogens with zero attached hydrogens (tertiary/aromatic N) is 2. The van der Waals surface area contributed by atoms with Crippen LogP contribution < -0.4 is 4.74 Å². The highest BCUT2D eigenvalue weighted by Gasteiger charge is 2.36. The number of amides is 2. The third kappa shape index (κ3) is 4.03. The molecular weight excluding hydrogens is 427 g/mol. The molecule has 29 heavy (non-hydrogen) atoms. The van der Waals surface area contributed by atoms with E-state index in [0.29, 0.717) is 11.8 Å². The zero-order chi connectivity index (χ0) is 21.3. The van der Waals surface area contributed by atoms with Crippen molar-refractivity contribution in [2.75, 3.05) is 7.11 Å². The molecule has 11 heteroatoms. The second-order valence-electron chi connectivity index (χ2n) is 5.81. The van der Waals surface area contributed by atoms with E-state index < -0.39 is 27.6 Å². The topological polar surface area (TPSA) is 110 Å². The molecule has 1 aliphatic rings. The van der Waals surface area contributed by atoms with E-state index in [2.05, 4.69) is 0 Å². The van der Waals surface area contributed by atoms with Crippen molar-refractivity contribution in [3.05, 3.63) is 67.3 Å². The van der Waals surface area contributed by atoms with Crippen molar-refractivity contribution < 1.29 is 28.7 Å². The number of phenolic OH excluding ortho intramolecular Hbond substituents is 1. The number of imide groups is 1. The minimum absolute atomic E-state index is 0.0161. The molecule has 0 aliphatic carbocycles. The molecule has 1 saturated heterocycles. The van der Waals surface area contributed by atoms with Crippen molar-refractivity contribution in [2.45, 2.75) is 6.54 Å². The van der Waals surface area contributed by atoms with Crippen LogP contribution in [-0.4, -0.2) is 33.2 Å². The Bertz CT molecular complexity index is 1050. The number of benzene rings is 2. The largest absolute Gasteiger partial charge is 0.504 e. The number of aromatic hydroxyl groups is 1. The number of carbonyl (C=O) groups is 2. The van der Waals surface area contributed by atoms with Crippen LogP contribution in [0.2, 0.25) is 5.02 Å². The van der Waals surface area contributed by atoms with Gasteiger partial charge in [-0.3, -0.25) is 24.6 Å². The van der Waals surface area contributed by atoms with Gasteiger partial charge in [-0.25, -0.2) is 4.39 Å². The van der Waals surface area contributed by atoms with Crippen molar-refractivity contribution in [3.63, 3.8) is 0 Å². The summed E-state index contributed by atoms with van der Waals surface area (Å²) in [6, 6.07) is 6.05. The van der Waals surface area contributed by atoms with Crippen molar-refractivity contribution in [2.24, 2.45) is 0 Å². The molecule has 0 atom stereocenters.